The Morgan fingerprint density at radius 2 is 1.75 bits per heavy atom. The quantitative estimate of drug-likeness (QED) is 0.772. The van der Waals surface area contributed by atoms with Crippen molar-refractivity contribution < 1.29 is 4.74 Å². The van der Waals surface area contributed by atoms with Crippen molar-refractivity contribution in [2.24, 2.45) is 12.8 Å². The molecule has 6 heteroatoms. The molecule has 0 bridgehead atoms. The Hall–Kier alpha value is -2.37. The SMILES string of the molecule is COc1ccc(-c2c(C(N)Cc3ccccc3)nnn2C)cc1.Cl. The van der Waals surface area contributed by atoms with Gasteiger partial charge in [-0.05, 0) is 36.2 Å². The van der Waals surface area contributed by atoms with Gasteiger partial charge in [-0.2, -0.15) is 0 Å². The number of nitrogens with two attached hydrogens (primary N) is 1. The largest absolute Gasteiger partial charge is 0.497 e. The Morgan fingerprint density at radius 1 is 1.08 bits per heavy atom. The minimum atomic E-state index is -0.205. The van der Waals surface area contributed by atoms with E-state index in [0.717, 1.165) is 29.1 Å². The third-order valence-electron chi connectivity index (χ3n) is 3.87. The molecule has 5 nitrogen and oxygen atoms in total. The first-order chi connectivity index (χ1) is 11.2. The Morgan fingerprint density at radius 3 is 2.38 bits per heavy atom. The van der Waals surface area contributed by atoms with Crippen LogP contribution in [0.1, 0.15) is 17.3 Å². The van der Waals surface area contributed by atoms with E-state index in [9.17, 15) is 0 Å². The van der Waals surface area contributed by atoms with Crippen LogP contribution in [-0.2, 0) is 13.5 Å². The summed E-state index contributed by atoms with van der Waals surface area (Å²) < 4.78 is 6.98. The molecule has 0 aliphatic rings. The molecule has 2 aromatic carbocycles. The normalized spacial score (nSPS) is 11.6. The molecule has 3 aromatic rings. The highest BCUT2D eigenvalue weighted by molar-refractivity contribution is 5.85. The zero-order valence-corrected chi connectivity index (χ0v) is 14.5. The lowest BCUT2D eigenvalue weighted by atomic mass is 10.00. The van der Waals surface area contributed by atoms with Crippen LogP contribution in [0.15, 0.2) is 54.6 Å². The summed E-state index contributed by atoms with van der Waals surface area (Å²) in [6.45, 7) is 0. The highest BCUT2D eigenvalue weighted by Crippen LogP contribution is 2.28. The summed E-state index contributed by atoms with van der Waals surface area (Å²) in [6, 6.07) is 17.8. The van der Waals surface area contributed by atoms with Gasteiger partial charge in [0.15, 0.2) is 0 Å². The summed E-state index contributed by atoms with van der Waals surface area (Å²) in [6.07, 6.45) is 0.725. The fourth-order valence-corrected chi connectivity index (χ4v) is 2.67. The molecule has 0 amide bonds. The summed E-state index contributed by atoms with van der Waals surface area (Å²) in [5, 5.41) is 8.44. The molecule has 1 aromatic heterocycles. The van der Waals surface area contributed by atoms with Crippen LogP contribution >= 0.6 is 12.4 Å². The van der Waals surface area contributed by atoms with Gasteiger partial charge in [0.05, 0.1) is 18.8 Å². The van der Waals surface area contributed by atoms with Crippen LogP contribution in [0.5, 0.6) is 5.75 Å². The molecule has 0 radical (unpaired) electrons. The smallest absolute Gasteiger partial charge is 0.118 e. The lowest BCUT2D eigenvalue weighted by Gasteiger charge is -2.12. The van der Waals surface area contributed by atoms with Crippen LogP contribution in [0.3, 0.4) is 0 Å². The molecule has 126 valence electrons. The zero-order valence-electron chi connectivity index (χ0n) is 13.7. The fourth-order valence-electron chi connectivity index (χ4n) is 2.67. The van der Waals surface area contributed by atoms with Crippen LogP contribution in [0.25, 0.3) is 11.3 Å². The van der Waals surface area contributed by atoms with Gasteiger partial charge in [0.25, 0.3) is 0 Å². The van der Waals surface area contributed by atoms with Crippen molar-refractivity contribution in [1.29, 1.82) is 0 Å². The van der Waals surface area contributed by atoms with Gasteiger partial charge < -0.3 is 10.5 Å². The molecule has 3 rings (SSSR count). The van der Waals surface area contributed by atoms with Crippen molar-refractivity contribution in [2.45, 2.75) is 12.5 Å². The zero-order chi connectivity index (χ0) is 16.2. The number of aromatic nitrogens is 3. The van der Waals surface area contributed by atoms with E-state index >= 15 is 0 Å². The van der Waals surface area contributed by atoms with E-state index in [0.29, 0.717) is 0 Å². The minimum Gasteiger partial charge on any atom is -0.497 e. The van der Waals surface area contributed by atoms with Gasteiger partial charge in [-0.15, -0.1) is 17.5 Å². The standard InChI is InChI=1S/C18H20N4O.ClH/c1-22-18(14-8-10-15(23-2)11-9-14)17(20-21-22)16(19)12-13-6-4-3-5-7-13;/h3-11,16H,12,19H2,1-2H3;1H. The predicted molar refractivity (Wildman–Crippen MR) is 97.3 cm³/mol. The van der Waals surface area contributed by atoms with E-state index in [4.69, 9.17) is 10.5 Å². The summed E-state index contributed by atoms with van der Waals surface area (Å²) in [4.78, 5) is 0. The summed E-state index contributed by atoms with van der Waals surface area (Å²) in [5.74, 6) is 0.819. The second-order valence-corrected chi connectivity index (χ2v) is 5.47. The Labute approximate surface area is 147 Å². The average Bonchev–Trinajstić information content (AvgIpc) is 2.97. The number of nitrogens with zero attached hydrogens (tertiary/aromatic N) is 3. The Balaban J connectivity index is 0.00000208. The van der Waals surface area contributed by atoms with Gasteiger partial charge in [-0.25, -0.2) is 4.68 Å². The predicted octanol–water partition coefficient (Wildman–Crippen LogP) is 3.16. The molecule has 1 atom stereocenters. The fraction of sp³-hybridized carbons (Fsp3) is 0.222. The number of rotatable bonds is 5. The second-order valence-electron chi connectivity index (χ2n) is 5.47. The second kappa shape index (κ2) is 7.95. The van der Waals surface area contributed by atoms with E-state index in [-0.39, 0.29) is 18.4 Å². The van der Waals surface area contributed by atoms with Crippen molar-refractivity contribution in [3.63, 3.8) is 0 Å². The van der Waals surface area contributed by atoms with Gasteiger partial charge in [0.2, 0.25) is 0 Å². The molecule has 1 unspecified atom stereocenters. The first kappa shape index (κ1) is 18.0. The first-order valence-corrected chi connectivity index (χ1v) is 7.52. The van der Waals surface area contributed by atoms with Gasteiger partial charge in [-0.1, -0.05) is 35.5 Å². The highest BCUT2D eigenvalue weighted by Gasteiger charge is 2.19. The van der Waals surface area contributed by atoms with E-state index in [1.165, 1.54) is 5.56 Å². The number of hydrogen-bond acceptors (Lipinski definition) is 4. The number of ether oxygens (including phenoxy) is 1. The van der Waals surface area contributed by atoms with Crippen molar-refractivity contribution in [1.82, 2.24) is 15.0 Å². The van der Waals surface area contributed by atoms with Crippen molar-refractivity contribution in [2.75, 3.05) is 7.11 Å². The van der Waals surface area contributed by atoms with Crippen molar-refractivity contribution >= 4 is 12.4 Å². The third kappa shape index (κ3) is 3.75. The van der Waals surface area contributed by atoms with Crippen LogP contribution < -0.4 is 10.5 Å². The molecule has 0 aliphatic heterocycles. The number of halogens is 1. The maximum absolute atomic E-state index is 6.39. The van der Waals surface area contributed by atoms with E-state index < -0.39 is 0 Å². The van der Waals surface area contributed by atoms with Crippen LogP contribution in [-0.4, -0.2) is 22.1 Å². The number of hydrogen-bond donors (Lipinski definition) is 1. The Kier molecular flexibility index (Phi) is 5.95. The van der Waals surface area contributed by atoms with Crippen LogP contribution in [0.4, 0.5) is 0 Å². The molecule has 0 fully saturated rings. The third-order valence-corrected chi connectivity index (χ3v) is 3.87. The number of methoxy groups -OCH3 is 1. The first-order valence-electron chi connectivity index (χ1n) is 7.52. The van der Waals surface area contributed by atoms with Crippen LogP contribution in [0, 0.1) is 0 Å². The van der Waals surface area contributed by atoms with Crippen LogP contribution in [0.2, 0.25) is 0 Å². The average molecular weight is 345 g/mol. The lowest BCUT2D eigenvalue weighted by Crippen LogP contribution is -2.15. The monoisotopic (exact) mass is 344 g/mol. The van der Waals surface area contributed by atoms with Gasteiger partial charge in [0.1, 0.15) is 11.4 Å². The summed E-state index contributed by atoms with van der Waals surface area (Å²) >= 11 is 0. The number of benzene rings is 2. The molecule has 0 saturated heterocycles. The summed E-state index contributed by atoms with van der Waals surface area (Å²) in [7, 11) is 3.53. The molecule has 2 N–H and O–H groups in total. The van der Waals surface area contributed by atoms with E-state index in [1.807, 2.05) is 49.5 Å². The molecule has 0 aliphatic carbocycles. The molecule has 0 saturated carbocycles. The minimum absolute atomic E-state index is 0. The maximum atomic E-state index is 6.39. The van der Waals surface area contributed by atoms with Crippen molar-refractivity contribution in [3.05, 3.63) is 65.9 Å². The van der Waals surface area contributed by atoms with Gasteiger partial charge >= 0.3 is 0 Å². The summed E-state index contributed by atoms with van der Waals surface area (Å²) in [5.41, 5.74) is 10.4. The number of aryl methyl sites for hydroxylation is 1. The highest BCUT2D eigenvalue weighted by atomic mass is 35.5. The van der Waals surface area contributed by atoms with E-state index in [1.54, 1.807) is 11.8 Å². The molecule has 24 heavy (non-hydrogen) atoms. The molecule has 1 heterocycles. The maximum Gasteiger partial charge on any atom is 0.118 e. The topological polar surface area (TPSA) is 66.0 Å². The van der Waals surface area contributed by atoms with Gasteiger partial charge in [-0.3, -0.25) is 0 Å². The molecular weight excluding hydrogens is 324 g/mol. The van der Waals surface area contributed by atoms with Crippen molar-refractivity contribution in [3.8, 4) is 17.0 Å². The van der Waals surface area contributed by atoms with Gasteiger partial charge in [0, 0.05) is 12.6 Å². The Bertz CT molecular complexity index is 771. The lowest BCUT2D eigenvalue weighted by molar-refractivity contribution is 0.415. The molecular formula is C18H21ClN4O. The molecule has 0 spiro atoms. The van der Waals surface area contributed by atoms with E-state index in [2.05, 4.69) is 22.4 Å².